The number of benzene rings is 2. The van der Waals surface area contributed by atoms with Gasteiger partial charge < -0.3 is 14.2 Å². The van der Waals surface area contributed by atoms with Crippen molar-refractivity contribution in [3.05, 3.63) is 30.3 Å². The van der Waals surface area contributed by atoms with Crippen LogP contribution in [-0.4, -0.2) is 19.8 Å². The molecule has 0 fully saturated rings. The topological polar surface area (TPSA) is 27.7 Å². The van der Waals surface area contributed by atoms with Gasteiger partial charge in [-0.15, -0.1) is 0 Å². The summed E-state index contributed by atoms with van der Waals surface area (Å²) in [7, 11) is 0. The van der Waals surface area contributed by atoms with Crippen LogP contribution in [0.1, 0.15) is 59.3 Å². The second-order valence-electron chi connectivity index (χ2n) is 6.29. The third-order valence-electron chi connectivity index (χ3n) is 4.22. The first-order valence-electron chi connectivity index (χ1n) is 9.75. The minimum Gasteiger partial charge on any atom is -0.493 e. The molecule has 2 aromatic carbocycles. The molecule has 2 rings (SSSR count). The van der Waals surface area contributed by atoms with E-state index in [0.29, 0.717) is 13.2 Å². The highest BCUT2D eigenvalue weighted by Crippen LogP contribution is 2.41. The molecule has 0 radical (unpaired) electrons. The third-order valence-corrected chi connectivity index (χ3v) is 4.22. The Morgan fingerprint density at radius 2 is 1.32 bits per heavy atom. The van der Waals surface area contributed by atoms with Crippen LogP contribution in [0, 0.1) is 0 Å². The van der Waals surface area contributed by atoms with Gasteiger partial charge in [-0.1, -0.05) is 63.8 Å². The summed E-state index contributed by atoms with van der Waals surface area (Å²) in [5.41, 5.74) is 0. The zero-order valence-electron chi connectivity index (χ0n) is 16.0. The van der Waals surface area contributed by atoms with Crippen molar-refractivity contribution in [2.75, 3.05) is 19.8 Å². The molecule has 0 heterocycles. The minimum atomic E-state index is 0.610. The van der Waals surface area contributed by atoms with Crippen LogP contribution in [0.4, 0.5) is 0 Å². The highest BCUT2D eigenvalue weighted by molar-refractivity contribution is 5.95. The summed E-state index contributed by atoms with van der Waals surface area (Å²) in [6, 6.07) is 10.3. The van der Waals surface area contributed by atoms with Crippen LogP contribution in [0.15, 0.2) is 30.3 Å². The van der Waals surface area contributed by atoms with Crippen molar-refractivity contribution in [1.29, 1.82) is 0 Å². The maximum atomic E-state index is 6.12. The average Bonchev–Trinajstić information content (AvgIpc) is 2.64. The van der Waals surface area contributed by atoms with Crippen LogP contribution >= 0.6 is 0 Å². The fraction of sp³-hybridized carbons (Fsp3) is 0.545. The van der Waals surface area contributed by atoms with E-state index in [1.165, 1.54) is 25.7 Å². The molecule has 0 spiro atoms. The Kier molecular flexibility index (Phi) is 8.44. The number of ether oxygens (including phenoxy) is 3. The van der Waals surface area contributed by atoms with Gasteiger partial charge in [0.25, 0.3) is 0 Å². The number of rotatable bonds is 12. The fourth-order valence-electron chi connectivity index (χ4n) is 2.88. The molecule has 0 saturated heterocycles. The lowest BCUT2D eigenvalue weighted by Crippen LogP contribution is -2.04. The average molecular weight is 344 g/mol. The molecule has 0 aromatic heterocycles. The monoisotopic (exact) mass is 344 g/mol. The number of unbranched alkanes of at least 4 members (excludes halogenated alkanes) is 4. The summed E-state index contributed by atoms with van der Waals surface area (Å²) >= 11 is 0. The van der Waals surface area contributed by atoms with Crippen LogP contribution in [0.5, 0.6) is 17.2 Å². The standard InChI is InChI=1S/C22H32O3/c1-4-7-11-15-24-20-17-21(23-6-3)22(25-16-12-8-5-2)19-14-10-9-13-18(19)20/h9-10,13-14,17H,4-8,11-12,15-16H2,1-3H3. The Labute approximate surface area is 152 Å². The molecule has 0 N–H and O–H groups in total. The summed E-state index contributed by atoms with van der Waals surface area (Å²) < 4.78 is 18.1. The molecule has 138 valence electrons. The quantitative estimate of drug-likeness (QED) is 0.418. The first-order valence-corrected chi connectivity index (χ1v) is 9.75. The van der Waals surface area contributed by atoms with Gasteiger partial charge >= 0.3 is 0 Å². The number of hydrogen-bond donors (Lipinski definition) is 0. The molecule has 2 aromatic rings. The molecular weight excluding hydrogens is 312 g/mol. The molecule has 0 amide bonds. The lowest BCUT2D eigenvalue weighted by Gasteiger charge is -2.18. The summed E-state index contributed by atoms with van der Waals surface area (Å²) in [5, 5.41) is 2.16. The largest absolute Gasteiger partial charge is 0.493 e. The molecule has 3 heteroatoms. The Hall–Kier alpha value is -1.90. The van der Waals surface area contributed by atoms with Crippen LogP contribution in [0.3, 0.4) is 0 Å². The molecule has 0 aliphatic carbocycles. The maximum Gasteiger partial charge on any atom is 0.169 e. The van der Waals surface area contributed by atoms with Gasteiger partial charge in [-0.05, 0) is 19.8 Å². The van der Waals surface area contributed by atoms with Gasteiger partial charge in [-0.25, -0.2) is 0 Å². The summed E-state index contributed by atoms with van der Waals surface area (Å²) in [6.07, 6.45) is 6.89. The maximum absolute atomic E-state index is 6.12. The highest BCUT2D eigenvalue weighted by Gasteiger charge is 2.15. The Morgan fingerprint density at radius 1 is 0.680 bits per heavy atom. The molecule has 25 heavy (non-hydrogen) atoms. The van der Waals surface area contributed by atoms with Gasteiger partial charge in [0.15, 0.2) is 11.5 Å². The summed E-state index contributed by atoms with van der Waals surface area (Å²) in [6.45, 7) is 8.46. The predicted octanol–water partition coefficient (Wildman–Crippen LogP) is 6.38. The Balaban J connectivity index is 2.29. The van der Waals surface area contributed by atoms with Gasteiger partial charge in [0.2, 0.25) is 0 Å². The Morgan fingerprint density at radius 3 is 1.96 bits per heavy atom. The predicted molar refractivity (Wildman–Crippen MR) is 105 cm³/mol. The van der Waals surface area contributed by atoms with Gasteiger partial charge in [0.05, 0.1) is 19.8 Å². The van der Waals surface area contributed by atoms with E-state index in [0.717, 1.165) is 47.5 Å². The van der Waals surface area contributed by atoms with E-state index in [9.17, 15) is 0 Å². The van der Waals surface area contributed by atoms with Crippen LogP contribution in [0.2, 0.25) is 0 Å². The molecule has 0 saturated carbocycles. The van der Waals surface area contributed by atoms with E-state index in [-0.39, 0.29) is 0 Å². The van der Waals surface area contributed by atoms with Crippen molar-refractivity contribution in [1.82, 2.24) is 0 Å². The molecule has 3 nitrogen and oxygen atoms in total. The third kappa shape index (κ3) is 5.55. The highest BCUT2D eigenvalue weighted by atomic mass is 16.5. The van der Waals surface area contributed by atoms with E-state index < -0.39 is 0 Å². The molecular formula is C22H32O3. The first-order chi connectivity index (χ1) is 12.3. The van der Waals surface area contributed by atoms with Crippen LogP contribution in [-0.2, 0) is 0 Å². The van der Waals surface area contributed by atoms with Crippen LogP contribution < -0.4 is 14.2 Å². The molecule has 0 aliphatic heterocycles. The van der Waals surface area contributed by atoms with E-state index in [1.807, 2.05) is 25.1 Å². The number of hydrogen-bond acceptors (Lipinski definition) is 3. The van der Waals surface area contributed by atoms with E-state index in [1.54, 1.807) is 0 Å². The van der Waals surface area contributed by atoms with Crippen molar-refractivity contribution in [3.63, 3.8) is 0 Å². The van der Waals surface area contributed by atoms with Crippen molar-refractivity contribution in [2.45, 2.75) is 59.3 Å². The van der Waals surface area contributed by atoms with E-state index in [2.05, 4.69) is 26.0 Å². The molecule has 0 unspecified atom stereocenters. The first kappa shape index (κ1) is 19.4. The van der Waals surface area contributed by atoms with E-state index >= 15 is 0 Å². The lowest BCUT2D eigenvalue weighted by molar-refractivity contribution is 0.270. The molecule has 0 aliphatic rings. The second kappa shape index (κ2) is 10.9. The van der Waals surface area contributed by atoms with Gasteiger partial charge in [-0.3, -0.25) is 0 Å². The van der Waals surface area contributed by atoms with Gasteiger partial charge in [0, 0.05) is 16.8 Å². The SMILES string of the molecule is CCCCCOc1cc(OCC)c(OCCCCC)c2ccccc12. The van der Waals surface area contributed by atoms with Crippen molar-refractivity contribution in [2.24, 2.45) is 0 Å². The second-order valence-corrected chi connectivity index (χ2v) is 6.29. The smallest absolute Gasteiger partial charge is 0.169 e. The van der Waals surface area contributed by atoms with Crippen molar-refractivity contribution >= 4 is 10.8 Å². The zero-order chi connectivity index (χ0) is 17.9. The normalized spacial score (nSPS) is 10.8. The molecule has 0 bridgehead atoms. The van der Waals surface area contributed by atoms with Gasteiger partial charge in [-0.2, -0.15) is 0 Å². The van der Waals surface area contributed by atoms with Crippen molar-refractivity contribution < 1.29 is 14.2 Å². The fourth-order valence-corrected chi connectivity index (χ4v) is 2.88. The summed E-state index contributed by atoms with van der Waals surface area (Å²) in [5.74, 6) is 2.51. The Bertz CT molecular complexity index is 636. The van der Waals surface area contributed by atoms with E-state index in [4.69, 9.17) is 14.2 Å². The summed E-state index contributed by atoms with van der Waals surface area (Å²) in [4.78, 5) is 0. The zero-order valence-corrected chi connectivity index (χ0v) is 16.0. The lowest BCUT2D eigenvalue weighted by atomic mass is 10.1. The molecule has 0 atom stereocenters. The van der Waals surface area contributed by atoms with Crippen LogP contribution in [0.25, 0.3) is 10.8 Å². The van der Waals surface area contributed by atoms with Gasteiger partial charge in [0.1, 0.15) is 5.75 Å². The minimum absolute atomic E-state index is 0.610. The van der Waals surface area contributed by atoms with Crippen molar-refractivity contribution in [3.8, 4) is 17.2 Å². The number of fused-ring (bicyclic) bond motifs is 1.